The molecule has 1 aliphatic rings. The number of carbonyl (C=O) groups excluding carboxylic acids is 1. The first-order valence-corrected chi connectivity index (χ1v) is 7.98. The molecule has 0 unspecified atom stereocenters. The van der Waals surface area contributed by atoms with Gasteiger partial charge >= 0.3 is 6.18 Å². The lowest BCUT2D eigenvalue weighted by molar-refractivity contribution is -0.137. The molecule has 1 aliphatic heterocycles. The predicted molar refractivity (Wildman–Crippen MR) is 87.5 cm³/mol. The second-order valence-electron chi connectivity index (χ2n) is 5.89. The Kier molecular flexibility index (Phi) is 5.03. The standard InChI is InChI=1S/C16H17F3N6O/c17-16(18,19)11-1-4-21-13(7-11)24-15-22-5-2-12(23-15)10-3-6-25(9-10)14(26)8-20/h1-2,4-5,7,10H,3,6,8-9,20H2,(H,21,22,23,24)/t10-/m1/s1. The molecule has 2 aromatic rings. The number of hydrogen-bond donors (Lipinski definition) is 2. The minimum absolute atomic E-state index is 0.00309. The number of amides is 1. The molecule has 26 heavy (non-hydrogen) atoms. The number of nitrogens with zero attached hydrogens (tertiary/aromatic N) is 4. The highest BCUT2D eigenvalue weighted by Crippen LogP contribution is 2.30. The lowest BCUT2D eigenvalue weighted by Crippen LogP contribution is -2.33. The molecule has 3 N–H and O–H groups in total. The minimum Gasteiger partial charge on any atom is -0.341 e. The van der Waals surface area contributed by atoms with Gasteiger partial charge in [0.25, 0.3) is 0 Å². The number of likely N-dealkylation sites (tertiary alicyclic amines) is 1. The van der Waals surface area contributed by atoms with Gasteiger partial charge in [0.15, 0.2) is 0 Å². The van der Waals surface area contributed by atoms with Crippen LogP contribution in [0, 0.1) is 0 Å². The zero-order valence-electron chi connectivity index (χ0n) is 13.7. The summed E-state index contributed by atoms with van der Waals surface area (Å²) in [6.45, 7) is 1.07. The number of alkyl halides is 3. The molecule has 0 bridgehead atoms. The highest BCUT2D eigenvalue weighted by atomic mass is 19.4. The fourth-order valence-electron chi connectivity index (χ4n) is 2.81. The van der Waals surface area contributed by atoms with Crippen LogP contribution in [-0.2, 0) is 11.0 Å². The maximum Gasteiger partial charge on any atom is 0.416 e. The van der Waals surface area contributed by atoms with Crippen LogP contribution in [-0.4, -0.2) is 45.4 Å². The average Bonchev–Trinajstić information content (AvgIpc) is 3.11. The SMILES string of the molecule is NCC(=O)N1CC[C@@H](c2ccnc(Nc3cc(C(F)(F)F)ccn3)n2)C1. The first-order chi connectivity index (χ1) is 12.4. The molecule has 2 aromatic heterocycles. The van der Waals surface area contributed by atoms with Gasteiger partial charge in [0, 0.05) is 31.4 Å². The van der Waals surface area contributed by atoms with E-state index >= 15 is 0 Å². The van der Waals surface area contributed by atoms with Crippen LogP contribution in [0.2, 0.25) is 0 Å². The minimum atomic E-state index is -4.45. The number of anilines is 2. The molecule has 3 heterocycles. The van der Waals surface area contributed by atoms with Crippen molar-refractivity contribution in [3.63, 3.8) is 0 Å². The largest absolute Gasteiger partial charge is 0.416 e. The van der Waals surface area contributed by atoms with E-state index in [2.05, 4.69) is 20.3 Å². The highest BCUT2D eigenvalue weighted by Gasteiger charge is 2.31. The smallest absolute Gasteiger partial charge is 0.341 e. The molecule has 1 fully saturated rings. The maximum atomic E-state index is 12.8. The van der Waals surface area contributed by atoms with E-state index in [4.69, 9.17) is 5.73 Å². The van der Waals surface area contributed by atoms with Crippen LogP contribution in [0.15, 0.2) is 30.6 Å². The molecule has 1 atom stereocenters. The first kappa shape index (κ1) is 18.1. The van der Waals surface area contributed by atoms with E-state index in [1.807, 2.05) is 0 Å². The van der Waals surface area contributed by atoms with Crippen molar-refractivity contribution in [1.29, 1.82) is 0 Å². The second-order valence-corrected chi connectivity index (χ2v) is 5.89. The first-order valence-electron chi connectivity index (χ1n) is 7.98. The summed E-state index contributed by atoms with van der Waals surface area (Å²) < 4.78 is 38.3. The number of rotatable bonds is 4. The normalized spacial score (nSPS) is 17.4. The Morgan fingerprint density at radius 2 is 2.08 bits per heavy atom. The lowest BCUT2D eigenvalue weighted by Gasteiger charge is -2.15. The van der Waals surface area contributed by atoms with Crippen LogP contribution in [0.3, 0.4) is 0 Å². The molecular formula is C16H17F3N6O. The third-order valence-corrected chi connectivity index (χ3v) is 4.14. The molecule has 1 saturated heterocycles. The molecule has 3 rings (SSSR count). The van der Waals surface area contributed by atoms with Gasteiger partial charge in [-0.05, 0) is 24.6 Å². The zero-order valence-corrected chi connectivity index (χ0v) is 13.7. The lowest BCUT2D eigenvalue weighted by atomic mass is 10.1. The van der Waals surface area contributed by atoms with Gasteiger partial charge in [-0.3, -0.25) is 4.79 Å². The van der Waals surface area contributed by atoms with Crippen LogP contribution in [0.25, 0.3) is 0 Å². The molecule has 7 nitrogen and oxygen atoms in total. The van der Waals surface area contributed by atoms with Gasteiger partial charge in [-0.15, -0.1) is 0 Å². The summed E-state index contributed by atoms with van der Waals surface area (Å²) in [6, 6.07) is 3.52. The van der Waals surface area contributed by atoms with E-state index < -0.39 is 11.7 Å². The molecule has 10 heteroatoms. The molecule has 0 aliphatic carbocycles. The number of nitrogens with two attached hydrogens (primary N) is 1. The van der Waals surface area contributed by atoms with Gasteiger partial charge in [-0.25, -0.2) is 15.0 Å². The maximum absolute atomic E-state index is 12.8. The monoisotopic (exact) mass is 366 g/mol. The quantitative estimate of drug-likeness (QED) is 0.858. The van der Waals surface area contributed by atoms with Crippen molar-refractivity contribution in [2.24, 2.45) is 5.73 Å². The van der Waals surface area contributed by atoms with Gasteiger partial charge in [0.05, 0.1) is 17.8 Å². The Morgan fingerprint density at radius 1 is 1.31 bits per heavy atom. The van der Waals surface area contributed by atoms with E-state index in [0.29, 0.717) is 18.8 Å². The highest BCUT2D eigenvalue weighted by molar-refractivity contribution is 5.78. The van der Waals surface area contributed by atoms with Crippen LogP contribution in [0.5, 0.6) is 0 Å². The van der Waals surface area contributed by atoms with Gasteiger partial charge in [-0.2, -0.15) is 13.2 Å². The fourth-order valence-corrected chi connectivity index (χ4v) is 2.81. The van der Waals surface area contributed by atoms with Crippen molar-refractivity contribution < 1.29 is 18.0 Å². The topological polar surface area (TPSA) is 97.0 Å². The van der Waals surface area contributed by atoms with E-state index in [0.717, 1.165) is 24.8 Å². The number of pyridine rings is 1. The molecule has 0 spiro atoms. The second kappa shape index (κ2) is 7.24. The summed E-state index contributed by atoms with van der Waals surface area (Å²) in [5.41, 5.74) is 5.28. The average molecular weight is 366 g/mol. The van der Waals surface area contributed by atoms with Crippen LogP contribution in [0.1, 0.15) is 23.6 Å². The third-order valence-electron chi connectivity index (χ3n) is 4.14. The summed E-state index contributed by atoms with van der Waals surface area (Å²) in [5, 5.41) is 2.69. The molecule has 1 amide bonds. The number of carbonyl (C=O) groups is 1. The van der Waals surface area contributed by atoms with Crippen LogP contribution >= 0.6 is 0 Å². The number of aromatic nitrogens is 3. The molecule has 138 valence electrons. The Balaban J connectivity index is 1.74. The Hall–Kier alpha value is -2.75. The van der Waals surface area contributed by atoms with Gasteiger partial charge in [0.2, 0.25) is 11.9 Å². The van der Waals surface area contributed by atoms with Crippen molar-refractivity contribution in [2.75, 3.05) is 25.0 Å². The van der Waals surface area contributed by atoms with Crippen LogP contribution in [0.4, 0.5) is 24.9 Å². The molecular weight excluding hydrogens is 349 g/mol. The van der Waals surface area contributed by atoms with E-state index in [-0.39, 0.29) is 30.1 Å². The molecule has 0 saturated carbocycles. The van der Waals surface area contributed by atoms with Crippen molar-refractivity contribution >= 4 is 17.7 Å². The summed E-state index contributed by atoms with van der Waals surface area (Å²) >= 11 is 0. The fraction of sp³-hybridized carbons (Fsp3) is 0.375. The summed E-state index contributed by atoms with van der Waals surface area (Å²) in [5.74, 6) is 0.0675. The van der Waals surface area contributed by atoms with Crippen LogP contribution < -0.4 is 11.1 Å². The van der Waals surface area contributed by atoms with Gasteiger partial charge < -0.3 is 16.0 Å². The number of hydrogen-bond acceptors (Lipinski definition) is 6. The third kappa shape index (κ3) is 4.07. The van der Waals surface area contributed by atoms with Crippen molar-refractivity contribution in [3.8, 4) is 0 Å². The predicted octanol–water partition coefficient (Wildman–Crippen LogP) is 1.91. The Morgan fingerprint density at radius 3 is 2.81 bits per heavy atom. The van der Waals surface area contributed by atoms with Crippen molar-refractivity contribution in [1.82, 2.24) is 19.9 Å². The Labute approximate surface area is 147 Å². The number of halogens is 3. The van der Waals surface area contributed by atoms with Crippen molar-refractivity contribution in [2.45, 2.75) is 18.5 Å². The summed E-state index contributed by atoms with van der Waals surface area (Å²) in [4.78, 5) is 25.6. The summed E-state index contributed by atoms with van der Waals surface area (Å²) in [7, 11) is 0. The van der Waals surface area contributed by atoms with Gasteiger partial charge in [0.1, 0.15) is 5.82 Å². The van der Waals surface area contributed by atoms with E-state index in [1.165, 1.54) is 6.20 Å². The van der Waals surface area contributed by atoms with E-state index in [9.17, 15) is 18.0 Å². The van der Waals surface area contributed by atoms with Gasteiger partial charge in [-0.1, -0.05) is 0 Å². The van der Waals surface area contributed by atoms with E-state index in [1.54, 1.807) is 11.0 Å². The molecule has 0 aromatic carbocycles. The zero-order chi connectivity index (χ0) is 18.7. The molecule has 0 radical (unpaired) electrons. The Bertz CT molecular complexity index is 798. The summed E-state index contributed by atoms with van der Waals surface area (Å²) in [6.07, 6.45) is -1.12. The van der Waals surface area contributed by atoms with Crippen molar-refractivity contribution in [3.05, 3.63) is 41.9 Å². The number of nitrogens with one attached hydrogen (secondary N) is 1.